The van der Waals surface area contributed by atoms with Crippen molar-refractivity contribution in [2.75, 3.05) is 0 Å². The van der Waals surface area contributed by atoms with Gasteiger partial charge in [0.2, 0.25) is 5.96 Å². The number of fused-ring (bicyclic) bond motifs is 5. The highest BCUT2D eigenvalue weighted by Crippen LogP contribution is 2.51. The summed E-state index contributed by atoms with van der Waals surface area (Å²) < 4.78 is 0. The van der Waals surface area contributed by atoms with Crippen LogP contribution in [0.25, 0.3) is 39.7 Å². The highest BCUT2D eigenvalue weighted by molar-refractivity contribution is 8.00. The first-order valence-corrected chi connectivity index (χ1v) is 14.0. The van der Waals surface area contributed by atoms with Gasteiger partial charge in [0.15, 0.2) is 17.5 Å². The number of hydrogen-bond acceptors (Lipinski definition) is 7. The Bertz CT molecular complexity index is 1790. The smallest absolute Gasteiger partial charge is 0.226 e. The predicted octanol–water partition coefficient (Wildman–Crippen LogP) is 7.14. The van der Waals surface area contributed by atoms with E-state index in [0.29, 0.717) is 17.5 Å². The van der Waals surface area contributed by atoms with E-state index < -0.39 is 0 Å². The minimum absolute atomic E-state index is 0.105. The van der Waals surface area contributed by atoms with Gasteiger partial charge in [0.1, 0.15) is 11.4 Å². The molecule has 4 aromatic carbocycles. The first kappa shape index (κ1) is 23.0. The van der Waals surface area contributed by atoms with Gasteiger partial charge in [-0.15, -0.1) is 0 Å². The average Bonchev–Trinajstić information content (AvgIpc) is 3.58. The number of benzene rings is 4. The fourth-order valence-corrected chi connectivity index (χ4v) is 6.64. The molecule has 0 saturated carbocycles. The zero-order valence-corrected chi connectivity index (χ0v) is 22.1. The summed E-state index contributed by atoms with van der Waals surface area (Å²) in [5.41, 5.74) is 6.18. The molecule has 40 heavy (non-hydrogen) atoms. The van der Waals surface area contributed by atoms with Gasteiger partial charge in [-0.25, -0.2) is 24.9 Å². The summed E-state index contributed by atoms with van der Waals surface area (Å²) in [4.78, 5) is 27.8. The average molecular weight is 535 g/mol. The largest absolute Gasteiger partial charge is 0.301 e. The number of thioether (sulfide) groups is 1. The topological polar surface area (TPSA) is 66.6 Å². The van der Waals surface area contributed by atoms with E-state index in [1.165, 1.54) is 10.5 Å². The van der Waals surface area contributed by atoms with Gasteiger partial charge in [-0.2, -0.15) is 0 Å². The molecule has 0 radical (unpaired) electrons. The molecule has 0 spiro atoms. The van der Waals surface area contributed by atoms with E-state index in [0.717, 1.165) is 33.8 Å². The molecule has 6 nitrogen and oxygen atoms in total. The molecule has 7 heteroatoms. The maximum atomic E-state index is 4.94. The van der Waals surface area contributed by atoms with Crippen LogP contribution in [0.2, 0.25) is 0 Å². The Morgan fingerprint density at radius 1 is 0.600 bits per heavy atom. The van der Waals surface area contributed by atoms with Crippen LogP contribution in [0.5, 0.6) is 0 Å². The van der Waals surface area contributed by atoms with E-state index in [4.69, 9.17) is 24.9 Å². The Morgan fingerprint density at radius 2 is 1.20 bits per heavy atom. The summed E-state index contributed by atoms with van der Waals surface area (Å²) in [7, 11) is 0. The Hall–Kier alpha value is -4.88. The van der Waals surface area contributed by atoms with Crippen LogP contribution in [0.1, 0.15) is 17.2 Å². The van der Waals surface area contributed by atoms with Gasteiger partial charge in [-0.3, -0.25) is 0 Å². The van der Waals surface area contributed by atoms with Gasteiger partial charge >= 0.3 is 0 Å². The second kappa shape index (κ2) is 9.39. The lowest BCUT2D eigenvalue weighted by Crippen LogP contribution is -2.30. The normalized spacial score (nSPS) is 18.6. The molecule has 0 aliphatic carbocycles. The fourth-order valence-electron chi connectivity index (χ4n) is 5.29. The van der Waals surface area contributed by atoms with Gasteiger partial charge < -0.3 is 4.90 Å². The van der Waals surface area contributed by atoms with Gasteiger partial charge in [0.25, 0.3) is 0 Å². The SMILES string of the molecule is C1=NC2=NC3c4ccccc4SC3N2C=C1c1cccc(-c2nc(-c3ccccc3)nc(-c3ccccc3)n2)c1. The molecule has 190 valence electrons. The van der Waals surface area contributed by atoms with Crippen molar-refractivity contribution >= 4 is 29.5 Å². The Morgan fingerprint density at radius 3 is 1.93 bits per heavy atom. The highest BCUT2D eigenvalue weighted by atomic mass is 32.2. The second-order valence-electron chi connectivity index (χ2n) is 9.79. The monoisotopic (exact) mass is 534 g/mol. The van der Waals surface area contributed by atoms with Crippen molar-refractivity contribution in [2.45, 2.75) is 16.3 Å². The molecule has 3 aliphatic heterocycles. The number of rotatable bonds is 4. The molecule has 0 amide bonds. The zero-order chi connectivity index (χ0) is 26.5. The van der Waals surface area contributed by atoms with Crippen LogP contribution in [0, 0.1) is 0 Å². The van der Waals surface area contributed by atoms with Crippen LogP contribution in [-0.2, 0) is 0 Å². The summed E-state index contributed by atoms with van der Waals surface area (Å²) in [6, 6.07) is 37.0. The third kappa shape index (κ3) is 3.94. The van der Waals surface area contributed by atoms with Gasteiger partial charge in [-0.1, -0.05) is 109 Å². The quantitative estimate of drug-likeness (QED) is 0.245. The molecule has 0 saturated heterocycles. The first-order chi connectivity index (χ1) is 19.8. The minimum atomic E-state index is 0.105. The predicted molar refractivity (Wildman–Crippen MR) is 161 cm³/mol. The van der Waals surface area contributed by atoms with Crippen LogP contribution in [0.4, 0.5) is 0 Å². The van der Waals surface area contributed by atoms with Crippen LogP contribution >= 0.6 is 11.8 Å². The Balaban J connectivity index is 1.17. The van der Waals surface area contributed by atoms with E-state index in [9.17, 15) is 0 Å². The van der Waals surface area contributed by atoms with Crippen LogP contribution in [-0.4, -0.2) is 37.4 Å². The van der Waals surface area contributed by atoms with Crippen molar-refractivity contribution in [3.63, 3.8) is 0 Å². The van der Waals surface area contributed by atoms with Crippen LogP contribution in [0.3, 0.4) is 0 Å². The number of hydrogen-bond donors (Lipinski definition) is 0. The van der Waals surface area contributed by atoms with Crippen molar-refractivity contribution in [1.82, 2.24) is 19.9 Å². The molecule has 1 aromatic heterocycles. The maximum absolute atomic E-state index is 4.94. The van der Waals surface area contributed by atoms with Gasteiger partial charge in [0, 0.05) is 39.6 Å². The lowest BCUT2D eigenvalue weighted by molar-refractivity contribution is 0.512. The summed E-state index contributed by atoms with van der Waals surface area (Å²) >= 11 is 1.85. The third-order valence-corrected chi connectivity index (χ3v) is 8.62. The standard InChI is InChI=1S/C33H22N6S/c1-3-10-21(11-4-1)29-36-30(22-12-5-2-6-13-22)38-31(37-29)24-15-9-14-23(18-24)25-19-34-33-35-28-26-16-7-8-17-27(26)40-32(28)39(33)20-25/h1-20,28,32H. The second-order valence-corrected chi connectivity index (χ2v) is 10.9. The molecular weight excluding hydrogens is 512 g/mol. The lowest BCUT2D eigenvalue weighted by atomic mass is 10.0. The number of aromatic nitrogens is 3. The summed E-state index contributed by atoms with van der Waals surface area (Å²) in [5.74, 6) is 2.70. The lowest BCUT2D eigenvalue weighted by Gasteiger charge is -2.24. The summed E-state index contributed by atoms with van der Waals surface area (Å²) in [6.07, 6.45) is 4.08. The van der Waals surface area contributed by atoms with Crippen molar-refractivity contribution in [1.29, 1.82) is 0 Å². The fraction of sp³-hybridized carbons (Fsp3) is 0.0606. The Labute approximate surface area is 235 Å². The van der Waals surface area contributed by atoms with Crippen molar-refractivity contribution in [3.8, 4) is 34.2 Å². The molecule has 4 heterocycles. The number of allylic oxidation sites excluding steroid dienone is 1. The third-order valence-electron chi connectivity index (χ3n) is 7.27. The minimum Gasteiger partial charge on any atom is -0.301 e. The van der Waals surface area contributed by atoms with E-state index >= 15 is 0 Å². The van der Waals surface area contributed by atoms with Crippen LogP contribution in [0.15, 0.2) is 130 Å². The molecule has 3 aliphatic rings. The van der Waals surface area contributed by atoms with E-state index in [2.05, 4.69) is 47.5 Å². The molecular formula is C33H22N6S. The summed E-state index contributed by atoms with van der Waals surface area (Å²) in [5, 5.41) is 0.188. The van der Waals surface area contributed by atoms with E-state index in [1.54, 1.807) is 0 Å². The van der Waals surface area contributed by atoms with Crippen molar-refractivity contribution in [3.05, 3.63) is 127 Å². The highest BCUT2D eigenvalue weighted by Gasteiger charge is 2.43. The van der Waals surface area contributed by atoms with Gasteiger partial charge in [-0.05, 0) is 23.3 Å². The molecule has 0 N–H and O–H groups in total. The summed E-state index contributed by atoms with van der Waals surface area (Å²) in [6.45, 7) is 0. The molecule has 5 aromatic rings. The maximum Gasteiger partial charge on any atom is 0.226 e. The number of aliphatic imine (C=N–C) groups is 2. The number of guanidine groups is 1. The first-order valence-electron chi connectivity index (χ1n) is 13.2. The molecule has 8 rings (SSSR count). The van der Waals surface area contributed by atoms with Gasteiger partial charge in [0.05, 0.1) is 0 Å². The molecule has 0 bridgehead atoms. The van der Waals surface area contributed by atoms with Crippen LogP contribution < -0.4 is 0 Å². The molecule has 2 atom stereocenters. The van der Waals surface area contributed by atoms with E-state index in [-0.39, 0.29) is 11.4 Å². The zero-order valence-electron chi connectivity index (χ0n) is 21.3. The van der Waals surface area contributed by atoms with Crippen molar-refractivity contribution < 1.29 is 0 Å². The number of nitrogens with zero attached hydrogens (tertiary/aromatic N) is 6. The van der Waals surface area contributed by atoms with Crippen molar-refractivity contribution in [2.24, 2.45) is 9.98 Å². The van der Waals surface area contributed by atoms with E-state index in [1.807, 2.05) is 90.8 Å². The Kier molecular flexibility index (Phi) is 5.41. The molecule has 2 unspecified atom stereocenters. The molecule has 0 fully saturated rings.